The van der Waals surface area contributed by atoms with Gasteiger partial charge in [-0.05, 0) is 180 Å². The van der Waals surface area contributed by atoms with E-state index in [9.17, 15) is 18.4 Å². The Hall–Kier alpha value is -9.91. The third kappa shape index (κ3) is 9.16. The van der Waals surface area contributed by atoms with E-state index in [0.717, 1.165) is 116 Å². The first-order valence-electron chi connectivity index (χ1n) is 26.9. The van der Waals surface area contributed by atoms with Gasteiger partial charge in [-0.25, -0.2) is 0 Å². The second-order valence-corrected chi connectivity index (χ2v) is 21.4. The molecule has 82 heavy (non-hydrogen) atoms. The van der Waals surface area contributed by atoms with Gasteiger partial charge in [0.05, 0.1) is 50.5 Å². The number of fused-ring (bicyclic) bond motifs is 6. The van der Waals surface area contributed by atoms with Crippen molar-refractivity contribution in [2.24, 2.45) is 0 Å². The van der Waals surface area contributed by atoms with Gasteiger partial charge in [0.15, 0.2) is 0 Å². The number of aryl methyl sites for hydroxylation is 4. The number of rotatable bonds is 8. The quantitative estimate of drug-likeness (QED) is 0.140. The molecule has 0 bridgehead atoms. The lowest BCUT2D eigenvalue weighted by Crippen LogP contribution is -2.12. The molecule has 0 atom stereocenters. The van der Waals surface area contributed by atoms with Crippen LogP contribution in [0.1, 0.15) is 38.9 Å². The molecule has 2 heterocycles. The van der Waals surface area contributed by atoms with Crippen LogP contribution in [0.25, 0.3) is 122 Å². The Morgan fingerprint density at radius 3 is 1.12 bits per heavy atom. The monoisotopic (exact) mass is 1080 g/mol. The molecule has 0 saturated carbocycles. The van der Waals surface area contributed by atoms with Gasteiger partial charge in [0.25, 0.3) is 0 Å². The van der Waals surface area contributed by atoms with E-state index in [4.69, 9.17) is 0 Å². The maximum absolute atomic E-state index is 15.5. The van der Waals surface area contributed by atoms with E-state index < -0.39 is 29.0 Å². The zero-order valence-corrected chi connectivity index (χ0v) is 45.0. The van der Waals surface area contributed by atoms with Gasteiger partial charge >= 0.3 is 12.4 Å². The van der Waals surface area contributed by atoms with Gasteiger partial charge in [-0.3, -0.25) is 0 Å². The molecule has 13 rings (SSSR count). The highest BCUT2D eigenvalue weighted by Gasteiger charge is 2.39. The summed E-state index contributed by atoms with van der Waals surface area (Å²) in [5.41, 5.74) is 14.4. The summed E-state index contributed by atoms with van der Waals surface area (Å²) in [6, 6.07) is 72.6. The van der Waals surface area contributed by atoms with E-state index in [1.54, 1.807) is 24.3 Å². The summed E-state index contributed by atoms with van der Waals surface area (Å²) in [4.78, 5) is 0. The second kappa shape index (κ2) is 19.7. The van der Waals surface area contributed by atoms with Gasteiger partial charge in [-0.15, -0.1) is 0 Å². The molecule has 0 aliphatic carbocycles. The molecular formula is C73H49F6N3. The molecule has 398 valence electrons. The van der Waals surface area contributed by atoms with Gasteiger partial charge in [0.1, 0.15) is 0 Å². The number of halogens is 6. The molecule has 0 saturated heterocycles. The maximum Gasteiger partial charge on any atom is 0.417 e. The highest BCUT2D eigenvalue weighted by atomic mass is 19.4. The van der Waals surface area contributed by atoms with Crippen molar-refractivity contribution in [3.05, 3.63) is 263 Å². The van der Waals surface area contributed by atoms with Gasteiger partial charge in [0, 0.05) is 32.8 Å². The predicted molar refractivity (Wildman–Crippen MR) is 321 cm³/mol. The van der Waals surface area contributed by atoms with Crippen molar-refractivity contribution < 1.29 is 26.3 Å². The molecule has 0 aliphatic heterocycles. The number of nitrogens with zero attached hydrogens (tertiary/aromatic N) is 3. The van der Waals surface area contributed by atoms with E-state index in [1.165, 1.54) is 0 Å². The van der Waals surface area contributed by atoms with Crippen LogP contribution in [0.4, 0.5) is 26.3 Å². The lowest BCUT2D eigenvalue weighted by atomic mass is 9.88. The maximum atomic E-state index is 15.5. The van der Waals surface area contributed by atoms with Crippen molar-refractivity contribution >= 4 is 43.6 Å². The smallest absolute Gasteiger partial charge is 0.309 e. The summed E-state index contributed by atoms with van der Waals surface area (Å²) in [6.07, 6.45) is -10.2. The molecule has 2 aromatic heterocycles. The molecule has 0 amide bonds. The molecule has 9 heteroatoms. The van der Waals surface area contributed by atoms with E-state index in [0.29, 0.717) is 23.0 Å². The zero-order chi connectivity index (χ0) is 56.8. The van der Waals surface area contributed by atoms with Crippen LogP contribution in [0.2, 0.25) is 0 Å². The average molecular weight is 1080 g/mol. The summed E-state index contributed by atoms with van der Waals surface area (Å²) in [7, 11) is 0. The SMILES string of the molecule is Cc1cccc(-c2ccc3c(c2)c2cc(-c4cccc(C)c4)ccc2n3-c2ccc(-c3ccc(C(F)(F)F)cc3C(F)(F)F)c(-c3cc(C#N)ccc3-n3c4ccc(-c5cccc(C)c5)cc4c4cc(-c5cccc(C)c5)ccc43)c2)c1. The minimum atomic E-state index is -5.20. The number of alkyl halides is 6. The molecule has 0 N–H and O–H groups in total. The fourth-order valence-electron chi connectivity index (χ4n) is 11.9. The lowest BCUT2D eigenvalue weighted by Gasteiger charge is -2.22. The van der Waals surface area contributed by atoms with Gasteiger partial charge in [0.2, 0.25) is 0 Å². The Morgan fingerprint density at radius 1 is 0.329 bits per heavy atom. The lowest BCUT2D eigenvalue weighted by molar-refractivity contribution is -0.142. The molecule has 11 aromatic carbocycles. The molecule has 0 aliphatic rings. The Morgan fingerprint density at radius 2 is 0.732 bits per heavy atom. The molecule has 13 aromatic rings. The normalized spacial score (nSPS) is 12.0. The Balaban J connectivity index is 1.12. The van der Waals surface area contributed by atoms with E-state index in [1.807, 2.05) is 74.5 Å². The Kier molecular flexibility index (Phi) is 12.4. The third-order valence-corrected chi connectivity index (χ3v) is 15.8. The highest BCUT2D eigenvalue weighted by Crippen LogP contribution is 2.48. The fourth-order valence-corrected chi connectivity index (χ4v) is 11.9. The number of aromatic nitrogens is 2. The predicted octanol–water partition coefficient (Wildman–Crippen LogP) is 21.0. The van der Waals surface area contributed by atoms with Gasteiger partial charge in [-0.2, -0.15) is 31.6 Å². The molecule has 0 fully saturated rings. The number of nitriles is 1. The van der Waals surface area contributed by atoms with Crippen molar-refractivity contribution in [3.8, 4) is 84.2 Å². The van der Waals surface area contributed by atoms with Crippen molar-refractivity contribution in [2.45, 2.75) is 40.0 Å². The minimum absolute atomic E-state index is 0.0228. The van der Waals surface area contributed by atoms with E-state index in [-0.39, 0.29) is 22.8 Å². The van der Waals surface area contributed by atoms with Crippen LogP contribution in [0.5, 0.6) is 0 Å². The highest BCUT2D eigenvalue weighted by molar-refractivity contribution is 6.14. The van der Waals surface area contributed by atoms with Crippen molar-refractivity contribution in [1.82, 2.24) is 9.13 Å². The standard InChI is InChI=1S/C73H49F6N3/c1-43-9-5-13-48(31-43)52-18-27-67-62(36-52)63-37-53(49-14-6-10-44(2)32-49)19-28-68(63)81(67)57-23-25-58(59-24-22-56(72(74,75)76)40-66(59)73(77,78)79)60(41-57)61-35-47(42-80)17-26-69(61)82-70-29-20-54(50-15-7-11-45(3)33-50)38-64(70)65-39-55(21-30-71(65)82)51-16-8-12-46(4)34-51/h5-41H,1-4H3. The second-order valence-electron chi connectivity index (χ2n) is 21.4. The molecule has 0 spiro atoms. The Bertz CT molecular complexity index is 4590. The number of benzene rings is 11. The zero-order valence-electron chi connectivity index (χ0n) is 45.0. The fraction of sp³-hybridized carbons (Fsp3) is 0.0822. The van der Waals surface area contributed by atoms with Crippen LogP contribution < -0.4 is 0 Å². The summed E-state index contributed by atoms with van der Waals surface area (Å²) in [5, 5.41) is 14.4. The molecule has 3 nitrogen and oxygen atoms in total. The molecule has 0 unspecified atom stereocenters. The largest absolute Gasteiger partial charge is 0.417 e. The average Bonchev–Trinajstić information content (AvgIpc) is 2.49. The van der Waals surface area contributed by atoms with Crippen LogP contribution in [-0.2, 0) is 12.4 Å². The summed E-state index contributed by atoms with van der Waals surface area (Å²) >= 11 is 0. The summed E-state index contributed by atoms with van der Waals surface area (Å²) in [6.45, 7) is 8.20. The van der Waals surface area contributed by atoms with Crippen LogP contribution >= 0.6 is 0 Å². The van der Waals surface area contributed by atoms with Gasteiger partial charge in [-0.1, -0.05) is 156 Å². The number of hydrogen-bond acceptors (Lipinski definition) is 1. The van der Waals surface area contributed by atoms with Gasteiger partial charge < -0.3 is 9.13 Å². The third-order valence-electron chi connectivity index (χ3n) is 15.8. The minimum Gasteiger partial charge on any atom is -0.309 e. The first kappa shape index (κ1) is 51.5. The van der Waals surface area contributed by atoms with Crippen LogP contribution in [-0.4, -0.2) is 9.13 Å². The van der Waals surface area contributed by atoms with Crippen LogP contribution in [0.3, 0.4) is 0 Å². The topological polar surface area (TPSA) is 33.6 Å². The number of hydrogen-bond donors (Lipinski definition) is 0. The van der Waals surface area contributed by atoms with E-state index >= 15 is 13.2 Å². The van der Waals surface area contributed by atoms with Crippen molar-refractivity contribution in [3.63, 3.8) is 0 Å². The van der Waals surface area contributed by atoms with Crippen LogP contribution in [0, 0.1) is 39.0 Å². The Labute approximate surface area is 469 Å². The van der Waals surface area contributed by atoms with Crippen LogP contribution in [0.15, 0.2) is 224 Å². The molecular weight excluding hydrogens is 1030 g/mol. The summed E-state index contributed by atoms with van der Waals surface area (Å²) in [5.74, 6) is 0. The molecule has 0 radical (unpaired) electrons. The van der Waals surface area contributed by atoms with Crippen molar-refractivity contribution in [2.75, 3.05) is 0 Å². The van der Waals surface area contributed by atoms with Crippen molar-refractivity contribution in [1.29, 1.82) is 5.26 Å². The van der Waals surface area contributed by atoms with E-state index in [2.05, 4.69) is 150 Å². The first-order valence-corrected chi connectivity index (χ1v) is 26.9. The summed E-state index contributed by atoms with van der Waals surface area (Å²) < 4.78 is 94.0. The first-order chi connectivity index (χ1) is 39.5.